The van der Waals surface area contributed by atoms with Gasteiger partial charge in [0, 0.05) is 13.6 Å². The van der Waals surface area contributed by atoms with Crippen LogP contribution in [0.1, 0.15) is 26.7 Å². The topological polar surface area (TPSA) is 69.6 Å². The highest BCUT2D eigenvalue weighted by molar-refractivity contribution is 7.89. The van der Waals surface area contributed by atoms with E-state index in [1.165, 1.54) is 11.4 Å². The smallest absolute Gasteiger partial charge is 0.216 e. The summed E-state index contributed by atoms with van der Waals surface area (Å²) in [5, 5.41) is 12.5. The fraction of sp³-hybridized carbons (Fsp3) is 1.00. The molecule has 0 saturated carbocycles. The highest BCUT2D eigenvalue weighted by Gasteiger charge is 2.33. The Labute approximate surface area is 97.9 Å². The Bertz CT molecular complexity index is 315. The number of aliphatic hydroxyl groups is 1. The van der Waals surface area contributed by atoms with Crippen LogP contribution in [0.4, 0.5) is 0 Å². The lowest BCUT2D eigenvalue weighted by Crippen LogP contribution is -2.46. The van der Waals surface area contributed by atoms with E-state index >= 15 is 0 Å². The van der Waals surface area contributed by atoms with Crippen LogP contribution in [0.25, 0.3) is 0 Å². The molecule has 1 aliphatic rings. The van der Waals surface area contributed by atoms with Gasteiger partial charge in [-0.05, 0) is 39.8 Å². The van der Waals surface area contributed by atoms with Gasteiger partial charge in [-0.1, -0.05) is 0 Å². The third-order valence-corrected chi connectivity index (χ3v) is 5.06. The minimum Gasteiger partial charge on any atom is -0.389 e. The van der Waals surface area contributed by atoms with Crippen molar-refractivity contribution in [2.45, 2.75) is 37.5 Å². The van der Waals surface area contributed by atoms with Crippen molar-refractivity contribution >= 4 is 10.0 Å². The summed E-state index contributed by atoms with van der Waals surface area (Å²) in [4.78, 5) is 0. The number of nitrogens with zero attached hydrogens (tertiary/aromatic N) is 1. The number of likely N-dealkylation sites (N-methyl/N-ethyl adjacent to an activating group) is 1. The molecule has 0 radical (unpaired) electrons. The molecule has 0 bridgehead atoms. The van der Waals surface area contributed by atoms with Crippen molar-refractivity contribution < 1.29 is 13.5 Å². The second-order valence-electron chi connectivity index (χ2n) is 5.06. The molecule has 0 amide bonds. The molecule has 16 heavy (non-hydrogen) atoms. The first kappa shape index (κ1) is 13.9. The highest BCUT2D eigenvalue weighted by Crippen LogP contribution is 2.18. The van der Waals surface area contributed by atoms with Gasteiger partial charge in [0.25, 0.3) is 0 Å². The molecule has 1 saturated heterocycles. The molecular formula is C10H22N2O3S. The molecular weight excluding hydrogens is 228 g/mol. The maximum absolute atomic E-state index is 12.2. The Morgan fingerprint density at radius 3 is 2.31 bits per heavy atom. The Balaban J connectivity index is 2.68. The predicted molar refractivity (Wildman–Crippen MR) is 63.7 cm³/mol. The fourth-order valence-electron chi connectivity index (χ4n) is 1.98. The van der Waals surface area contributed by atoms with Gasteiger partial charge in [-0.3, -0.25) is 0 Å². The zero-order valence-electron chi connectivity index (χ0n) is 10.2. The van der Waals surface area contributed by atoms with Gasteiger partial charge in [-0.15, -0.1) is 0 Å². The van der Waals surface area contributed by atoms with Crippen LogP contribution in [-0.4, -0.2) is 55.4 Å². The predicted octanol–water partition coefficient (Wildman–Crippen LogP) is -0.229. The molecule has 1 fully saturated rings. The highest BCUT2D eigenvalue weighted by atomic mass is 32.2. The maximum atomic E-state index is 12.2. The second kappa shape index (κ2) is 5.00. The van der Waals surface area contributed by atoms with Crippen molar-refractivity contribution in [3.63, 3.8) is 0 Å². The van der Waals surface area contributed by atoms with Crippen LogP contribution in [0.15, 0.2) is 0 Å². The third kappa shape index (κ3) is 3.69. The summed E-state index contributed by atoms with van der Waals surface area (Å²) in [7, 11) is -1.72. The van der Waals surface area contributed by atoms with Crippen molar-refractivity contribution in [1.82, 2.24) is 9.62 Å². The summed E-state index contributed by atoms with van der Waals surface area (Å²) in [6.45, 7) is 4.86. The lowest BCUT2D eigenvalue weighted by Gasteiger charge is -2.30. The van der Waals surface area contributed by atoms with E-state index in [0.29, 0.717) is 12.8 Å². The van der Waals surface area contributed by atoms with E-state index < -0.39 is 15.6 Å². The lowest BCUT2D eigenvalue weighted by molar-refractivity contribution is 0.0637. The molecule has 0 aromatic heterocycles. The first-order valence-corrected chi connectivity index (χ1v) is 7.12. The van der Waals surface area contributed by atoms with Gasteiger partial charge < -0.3 is 10.4 Å². The summed E-state index contributed by atoms with van der Waals surface area (Å²) in [5.41, 5.74) is -0.991. The number of nitrogens with one attached hydrogen (secondary N) is 1. The number of hydrogen-bond acceptors (Lipinski definition) is 4. The fourth-order valence-corrected chi connectivity index (χ4v) is 3.82. The maximum Gasteiger partial charge on any atom is 0.216 e. The molecule has 0 spiro atoms. The van der Waals surface area contributed by atoms with Gasteiger partial charge in [0.15, 0.2) is 0 Å². The second-order valence-corrected chi connectivity index (χ2v) is 7.38. The monoisotopic (exact) mass is 250 g/mol. The van der Waals surface area contributed by atoms with Crippen LogP contribution in [-0.2, 0) is 10.0 Å². The van der Waals surface area contributed by atoms with Crippen LogP contribution in [0.3, 0.4) is 0 Å². The summed E-state index contributed by atoms with van der Waals surface area (Å²) in [6, 6.07) is 0. The SMILES string of the molecule is CN(CC(C)(C)O)S(=O)(=O)C1CCNCC1. The minimum atomic E-state index is -3.26. The zero-order chi connectivity index (χ0) is 12.4. The molecule has 96 valence electrons. The standard InChI is InChI=1S/C10H22N2O3S/c1-10(2,13)8-12(3)16(14,15)9-4-6-11-7-5-9/h9,11,13H,4-8H2,1-3H3. The number of piperidine rings is 1. The largest absolute Gasteiger partial charge is 0.389 e. The Morgan fingerprint density at radius 1 is 1.38 bits per heavy atom. The Morgan fingerprint density at radius 2 is 1.88 bits per heavy atom. The van der Waals surface area contributed by atoms with Crippen LogP contribution >= 0.6 is 0 Å². The molecule has 0 unspecified atom stereocenters. The number of rotatable bonds is 4. The molecule has 1 aliphatic heterocycles. The molecule has 5 nitrogen and oxygen atoms in total. The lowest BCUT2D eigenvalue weighted by atomic mass is 10.1. The first-order valence-electron chi connectivity index (χ1n) is 5.62. The number of sulfonamides is 1. The quantitative estimate of drug-likeness (QED) is 0.723. The third-order valence-electron chi connectivity index (χ3n) is 2.75. The summed E-state index contributed by atoms with van der Waals surface area (Å²) in [6.07, 6.45) is 1.30. The molecule has 1 rings (SSSR count). The number of hydrogen-bond donors (Lipinski definition) is 2. The molecule has 6 heteroatoms. The van der Waals surface area contributed by atoms with Crippen LogP contribution in [0, 0.1) is 0 Å². The molecule has 0 aliphatic carbocycles. The van der Waals surface area contributed by atoms with Crippen LogP contribution in [0.5, 0.6) is 0 Å². The summed E-state index contributed by atoms with van der Waals surface area (Å²) in [5.74, 6) is 0. The van der Waals surface area contributed by atoms with E-state index in [-0.39, 0.29) is 11.8 Å². The van der Waals surface area contributed by atoms with Gasteiger partial charge in [-0.25, -0.2) is 12.7 Å². The van der Waals surface area contributed by atoms with Crippen molar-refractivity contribution in [1.29, 1.82) is 0 Å². The minimum absolute atomic E-state index is 0.138. The van der Waals surface area contributed by atoms with Crippen LogP contribution in [0.2, 0.25) is 0 Å². The first-order chi connectivity index (χ1) is 7.23. The van der Waals surface area contributed by atoms with Crippen molar-refractivity contribution in [3.05, 3.63) is 0 Å². The molecule has 0 aromatic carbocycles. The zero-order valence-corrected chi connectivity index (χ0v) is 11.0. The van der Waals surface area contributed by atoms with E-state index in [0.717, 1.165) is 13.1 Å². The van der Waals surface area contributed by atoms with Crippen molar-refractivity contribution in [2.24, 2.45) is 0 Å². The van der Waals surface area contributed by atoms with Gasteiger partial charge in [0.05, 0.1) is 10.9 Å². The van der Waals surface area contributed by atoms with E-state index in [1.54, 1.807) is 13.8 Å². The van der Waals surface area contributed by atoms with E-state index in [1.807, 2.05) is 0 Å². The van der Waals surface area contributed by atoms with E-state index in [2.05, 4.69) is 5.32 Å². The summed E-state index contributed by atoms with van der Waals surface area (Å²) < 4.78 is 25.6. The van der Waals surface area contributed by atoms with Gasteiger partial charge in [0.1, 0.15) is 0 Å². The van der Waals surface area contributed by atoms with E-state index in [9.17, 15) is 13.5 Å². The van der Waals surface area contributed by atoms with Crippen LogP contribution < -0.4 is 5.32 Å². The Kier molecular flexibility index (Phi) is 4.34. The van der Waals surface area contributed by atoms with E-state index in [4.69, 9.17) is 0 Å². The van der Waals surface area contributed by atoms with Gasteiger partial charge in [0.2, 0.25) is 10.0 Å². The molecule has 2 N–H and O–H groups in total. The molecule has 1 heterocycles. The van der Waals surface area contributed by atoms with Crippen molar-refractivity contribution in [2.75, 3.05) is 26.7 Å². The molecule has 0 aromatic rings. The van der Waals surface area contributed by atoms with Crippen molar-refractivity contribution in [3.8, 4) is 0 Å². The molecule has 0 atom stereocenters. The summed E-state index contributed by atoms with van der Waals surface area (Å²) >= 11 is 0. The Hall–Kier alpha value is -0.170. The average Bonchev–Trinajstić information content (AvgIpc) is 2.16. The normalized spacial score (nSPS) is 20.3. The average molecular weight is 250 g/mol. The van der Waals surface area contributed by atoms with Gasteiger partial charge >= 0.3 is 0 Å². The van der Waals surface area contributed by atoms with Gasteiger partial charge in [-0.2, -0.15) is 0 Å².